The number of hydrogen-bond acceptors (Lipinski definition) is 7. The molecule has 4 heterocycles. The minimum absolute atomic E-state index is 0.0504. The SMILES string of the molecule is CN1CCC(Oc2ccncc2NC(=O)c2cnn3cc(F)c(N)nc23)C1. The summed E-state index contributed by atoms with van der Waals surface area (Å²) in [6.07, 6.45) is 6.45. The molecule has 3 aromatic rings. The standard InChI is InChI=1S/C17H18FN7O2/c1-24-5-3-10(8-24)27-14-2-4-20-7-13(14)22-17(26)11-6-21-25-9-12(18)15(19)23-16(11)25/h2,4,6-7,9-10H,3,5,8H2,1H3,(H2,19,23)(H,22,26). The molecule has 0 spiro atoms. The second kappa shape index (κ2) is 6.80. The summed E-state index contributed by atoms with van der Waals surface area (Å²) >= 11 is 0. The van der Waals surface area contributed by atoms with E-state index in [1.807, 2.05) is 7.05 Å². The number of carbonyl (C=O) groups is 1. The molecule has 1 saturated heterocycles. The van der Waals surface area contributed by atoms with Gasteiger partial charge in [-0.3, -0.25) is 9.78 Å². The van der Waals surface area contributed by atoms with E-state index in [1.54, 1.807) is 12.3 Å². The molecular formula is C17H18FN7O2. The third-order valence-electron chi connectivity index (χ3n) is 4.39. The summed E-state index contributed by atoms with van der Waals surface area (Å²) in [7, 11) is 2.03. The van der Waals surface area contributed by atoms with Crippen molar-refractivity contribution in [2.75, 3.05) is 31.2 Å². The first-order valence-electron chi connectivity index (χ1n) is 8.41. The Bertz CT molecular complexity index is 1010. The van der Waals surface area contributed by atoms with Crippen LogP contribution in [0.2, 0.25) is 0 Å². The number of ether oxygens (including phenoxy) is 1. The molecule has 1 unspecified atom stereocenters. The van der Waals surface area contributed by atoms with Crippen LogP contribution in [0, 0.1) is 5.82 Å². The van der Waals surface area contributed by atoms with Crippen molar-refractivity contribution in [2.24, 2.45) is 0 Å². The summed E-state index contributed by atoms with van der Waals surface area (Å²) < 4.78 is 20.7. The Morgan fingerprint density at radius 3 is 3.07 bits per heavy atom. The van der Waals surface area contributed by atoms with E-state index in [-0.39, 0.29) is 23.1 Å². The van der Waals surface area contributed by atoms with Crippen LogP contribution in [0.4, 0.5) is 15.9 Å². The van der Waals surface area contributed by atoms with Gasteiger partial charge in [0, 0.05) is 25.4 Å². The highest BCUT2D eigenvalue weighted by Crippen LogP contribution is 2.27. The Kier molecular flexibility index (Phi) is 4.32. The molecule has 3 aromatic heterocycles. The fourth-order valence-corrected chi connectivity index (χ4v) is 3.00. The van der Waals surface area contributed by atoms with Crippen LogP contribution in [0.15, 0.2) is 30.9 Å². The Balaban J connectivity index is 1.58. The number of nitrogens with two attached hydrogens (primary N) is 1. The van der Waals surface area contributed by atoms with Gasteiger partial charge < -0.3 is 20.7 Å². The first-order valence-corrected chi connectivity index (χ1v) is 8.41. The molecule has 0 bridgehead atoms. The van der Waals surface area contributed by atoms with Gasteiger partial charge in [0.15, 0.2) is 17.3 Å². The molecule has 3 N–H and O–H groups in total. The van der Waals surface area contributed by atoms with Crippen molar-refractivity contribution in [1.29, 1.82) is 0 Å². The molecule has 0 aliphatic carbocycles. The number of rotatable bonds is 4. The van der Waals surface area contributed by atoms with E-state index in [2.05, 4.69) is 25.3 Å². The zero-order chi connectivity index (χ0) is 19.0. The molecule has 10 heteroatoms. The van der Waals surface area contributed by atoms with E-state index in [1.165, 1.54) is 12.4 Å². The molecule has 9 nitrogen and oxygen atoms in total. The minimum atomic E-state index is -0.706. The number of anilines is 2. The molecule has 1 aliphatic rings. The molecule has 4 rings (SSSR count). The zero-order valence-corrected chi connectivity index (χ0v) is 14.6. The van der Waals surface area contributed by atoms with Crippen molar-refractivity contribution >= 4 is 23.1 Å². The van der Waals surface area contributed by atoms with Crippen LogP contribution in [0.5, 0.6) is 5.75 Å². The van der Waals surface area contributed by atoms with Gasteiger partial charge >= 0.3 is 0 Å². The number of nitrogens with zero attached hydrogens (tertiary/aromatic N) is 5. The summed E-state index contributed by atoms with van der Waals surface area (Å²) in [4.78, 5) is 22.8. The zero-order valence-electron chi connectivity index (χ0n) is 14.6. The number of likely N-dealkylation sites (tertiary alicyclic amines) is 1. The van der Waals surface area contributed by atoms with E-state index >= 15 is 0 Å². The van der Waals surface area contributed by atoms with E-state index < -0.39 is 11.7 Å². The van der Waals surface area contributed by atoms with Crippen LogP contribution < -0.4 is 15.8 Å². The molecular weight excluding hydrogens is 353 g/mol. The molecule has 0 saturated carbocycles. The number of fused-ring (bicyclic) bond motifs is 1. The van der Waals surface area contributed by atoms with Gasteiger partial charge in [-0.05, 0) is 13.5 Å². The minimum Gasteiger partial charge on any atom is -0.487 e. The van der Waals surface area contributed by atoms with Crippen LogP contribution in [0.25, 0.3) is 5.65 Å². The third-order valence-corrected chi connectivity index (χ3v) is 4.39. The van der Waals surface area contributed by atoms with Crippen LogP contribution in [0.3, 0.4) is 0 Å². The Morgan fingerprint density at radius 1 is 1.44 bits per heavy atom. The smallest absolute Gasteiger partial charge is 0.261 e. The maximum Gasteiger partial charge on any atom is 0.261 e. The predicted molar refractivity (Wildman–Crippen MR) is 96.1 cm³/mol. The van der Waals surface area contributed by atoms with E-state index in [4.69, 9.17) is 10.5 Å². The van der Waals surface area contributed by atoms with Gasteiger partial charge in [0.2, 0.25) is 0 Å². The number of nitrogens with one attached hydrogen (secondary N) is 1. The maximum absolute atomic E-state index is 13.5. The summed E-state index contributed by atoms with van der Waals surface area (Å²) in [5.74, 6) is -0.937. The monoisotopic (exact) mass is 371 g/mol. The summed E-state index contributed by atoms with van der Waals surface area (Å²) in [5.41, 5.74) is 6.26. The molecule has 1 amide bonds. The van der Waals surface area contributed by atoms with Crippen molar-refractivity contribution in [3.63, 3.8) is 0 Å². The second-order valence-corrected chi connectivity index (χ2v) is 6.42. The highest BCUT2D eigenvalue weighted by Gasteiger charge is 2.23. The molecule has 0 radical (unpaired) electrons. The largest absolute Gasteiger partial charge is 0.487 e. The summed E-state index contributed by atoms with van der Waals surface area (Å²) in [6, 6.07) is 1.70. The number of amides is 1. The number of pyridine rings is 1. The number of likely N-dealkylation sites (N-methyl/N-ethyl adjacent to an activating group) is 1. The quantitative estimate of drug-likeness (QED) is 0.708. The van der Waals surface area contributed by atoms with Crippen molar-refractivity contribution < 1.29 is 13.9 Å². The number of halogens is 1. The van der Waals surface area contributed by atoms with Gasteiger partial charge in [-0.2, -0.15) is 5.10 Å². The number of nitrogen functional groups attached to an aromatic ring is 1. The van der Waals surface area contributed by atoms with Crippen molar-refractivity contribution in [3.8, 4) is 5.75 Å². The van der Waals surface area contributed by atoms with Gasteiger partial charge in [0.05, 0.1) is 18.6 Å². The first kappa shape index (κ1) is 17.2. The van der Waals surface area contributed by atoms with Crippen molar-refractivity contribution in [3.05, 3.63) is 42.2 Å². The van der Waals surface area contributed by atoms with Crippen LogP contribution in [-0.4, -0.2) is 56.6 Å². The highest BCUT2D eigenvalue weighted by atomic mass is 19.1. The molecule has 1 fully saturated rings. The molecule has 1 atom stereocenters. The van der Waals surface area contributed by atoms with Gasteiger partial charge in [-0.1, -0.05) is 0 Å². The second-order valence-electron chi connectivity index (χ2n) is 6.42. The first-order chi connectivity index (χ1) is 13.0. The Hall–Kier alpha value is -3.27. The van der Waals surface area contributed by atoms with Crippen LogP contribution in [0.1, 0.15) is 16.8 Å². The van der Waals surface area contributed by atoms with Crippen molar-refractivity contribution in [2.45, 2.75) is 12.5 Å². The number of hydrogen-bond donors (Lipinski definition) is 2. The van der Waals surface area contributed by atoms with Gasteiger partial charge in [-0.25, -0.2) is 13.9 Å². The van der Waals surface area contributed by atoms with E-state index in [9.17, 15) is 9.18 Å². The fourth-order valence-electron chi connectivity index (χ4n) is 3.00. The topological polar surface area (TPSA) is 111 Å². The molecule has 0 aromatic carbocycles. The lowest BCUT2D eigenvalue weighted by Crippen LogP contribution is -2.22. The van der Waals surface area contributed by atoms with Crippen LogP contribution in [-0.2, 0) is 0 Å². The van der Waals surface area contributed by atoms with Gasteiger partial charge in [-0.15, -0.1) is 0 Å². The molecule has 140 valence electrons. The number of aromatic nitrogens is 4. The van der Waals surface area contributed by atoms with E-state index in [0.29, 0.717) is 11.4 Å². The Labute approximate surface area is 154 Å². The van der Waals surface area contributed by atoms with E-state index in [0.717, 1.165) is 30.2 Å². The average Bonchev–Trinajstić information content (AvgIpc) is 3.23. The summed E-state index contributed by atoms with van der Waals surface area (Å²) in [6.45, 7) is 1.78. The van der Waals surface area contributed by atoms with Crippen LogP contribution >= 0.6 is 0 Å². The lowest BCUT2D eigenvalue weighted by Gasteiger charge is -2.16. The Morgan fingerprint density at radius 2 is 2.30 bits per heavy atom. The lowest BCUT2D eigenvalue weighted by molar-refractivity contribution is 0.102. The van der Waals surface area contributed by atoms with Crippen molar-refractivity contribution in [1.82, 2.24) is 24.5 Å². The molecule has 1 aliphatic heterocycles. The third kappa shape index (κ3) is 3.38. The lowest BCUT2D eigenvalue weighted by atomic mass is 10.2. The molecule has 27 heavy (non-hydrogen) atoms. The number of carbonyl (C=O) groups excluding carboxylic acids is 1. The predicted octanol–water partition coefficient (Wildman–Crippen LogP) is 1.18. The van der Waals surface area contributed by atoms with Gasteiger partial charge in [0.25, 0.3) is 5.91 Å². The highest BCUT2D eigenvalue weighted by molar-refractivity contribution is 6.08. The maximum atomic E-state index is 13.5. The average molecular weight is 371 g/mol. The fraction of sp³-hybridized carbons (Fsp3) is 0.294. The summed E-state index contributed by atoms with van der Waals surface area (Å²) in [5, 5.41) is 6.70. The normalized spacial score (nSPS) is 17.3. The van der Waals surface area contributed by atoms with Gasteiger partial charge in [0.1, 0.15) is 23.1 Å².